The average Bonchev–Trinajstić information content (AvgIpc) is 3.37. The summed E-state index contributed by atoms with van der Waals surface area (Å²) in [5.74, 6) is -0.0719. The third-order valence-electron chi connectivity index (χ3n) is 5.62. The third kappa shape index (κ3) is 2.99. The van der Waals surface area contributed by atoms with Crippen molar-refractivity contribution in [1.29, 1.82) is 0 Å². The Balaban J connectivity index is 1.47. The van der Waals surface area contributed by atoms with Gasteiger partial charge in [-0.2, -0.15) is 5.10 Å². The van der Waals surface area contributed by atoms with E-state index < -0.39 is 0 Å². The summed E-state index contributed by atoms with van der Waals surface area (Å²) in [6.07, 6.45) is 1.75. The van der Waals surface area contributed by atoms with Crippen molar-refractivity contribution in [2.45, 2.75) is 32.2 Å². The van der Waals surface area contributed by atoms with E-state index in [1.165, 1.54) is 10.6 Å². The van der Waals surface area contributed by atoms with Gasteiger partial charge in [0.15, 0.2) is 5.65 Å². The Morgan fingerprint density at radius 1 is 1.20 bits per heavy atom. The number of nitrogens with zero attached hydrogens (tertiary/aromatic N) is 4. The van der Waals surface area contributed by atoms with E-state index in [1.807, 2.05) is 17.0 Å². The van der Waals surface area contributed by atoms with Crippen LogP contribution >= 0.6 is 0 Å². The van der Waals surface area contributed by atoms with Gasteiger partial charge in [0.2, 0.25) is 5.91 Å². The Labute approximate surface area is 170 Å². The first-order chi connectivity index (χ1) is 14.5. The number of fused-ring (bicyclic) bond motifs is 2. The van der Waals surface area contributed by atoms with Crippen LogP contribution in [0.1, 0.15) is 36.0 Å². The molecular formula is C21H20N6O3. The Bertz CT molecular complexity index is 1400. The molecule has 1 fully saturated rings. The first kappa shape index (κ1) is 18.3. The lowest BCUT2D eigenvalue weighted by molar-refractivity contribution is -0.131. The number of aromatic nitrogens is 5. The minimum absolute atomic E-state index is 0.0719. The van der Waals surface area contributed by atoms with Crippen LogP contribution in [0.3, 0.4) is 0 Å². The van der Waals surface area contributed by atoms with E-state index in [9.17, 15) is 14.4 Å². The van der Waals surface area contributed by atoms with Crippen LogP contribution in [-0.2, 0) is 11.2 Å². The highest BCUT2D eigenvalue weighted by molar-refractivity contribution is 5.88. The van der Waals surface area contributed by atoms with Crippen LogP contribution in [0.25, 0.3) is 16.4 Å². The van der Waals surface area contributed by atoms with E-state index in [2.05, 4.69) is 20.3 Å². The maximum atomic E-state index is 13.2. The van der Waals surface area contributed by atoms with Crippen molar-refractivity contribution < 1.29 is 4.79 Å². The monoisotopic (exact) mass is 404 g/mol. The molecule has 9 nitrogen and oxygen atoms in total. The fourth-order valence-corrected chi connectivity index (χ4v) is 4.24. The lowest BCUT2D eigenvalue weighted by atomic mass is 10.1. The number of likely N-dealkylation sites (tertiary alicyclic amines) is 1. The van der Waals surface area contributed by atoms with Gasteiger partial charge in [-0.25, -0.2) is 14.6 Å². The topological polar surface area (TPSA) is 116 Å². The van der Waals surface area contributed by atoms with Gasteiger partial charge < -0.3 is 4.90 Å². The van der Waals surface area contributed by atoms with Crippen molar-refractivity contribution in [3.63, 3.8) is 0 Å². The third-order valence-corrected chi connectivity index (χ3v) is 5.62. The van der Waals surface area contributed by atoms with Gasteiger partial charge >= 0.3 is 0 Å². The first-order valence-electron chi connectivity index (χ1n) is 9.86. The molecule has 30 heavy (non-hydrogen) atoms. The Morgan fingerprint density at radius 2 is 2.00 bits per heavy atom. The summed E-state index contributed by atoms with van der Waals surface area (Å²) >= 11 is 0. The molecule has 2 N–H and O–H groups in total. The number of nitrogens with one attached hydrogen (secondary N) is 2. The number of H-pyrrole nitrogens is 2. The second kappa shape index (κ2) is 6.94. The molecule has 1 atom stereocenters. The van der Waals surface area contributed by atoms with Gasteiger partial charge in [-0.3, -0.25) is 19.5 Å². The molecule has 152 valence electrons. The summed E-state index contributed by atoms with van der Waals surface area (Å²) in [5.41, 5.74) is 2.08. The van der Waals surface area contributed by atoms with E-state index in [0.29, 0.717) is 34.4 Å². The molecule has 0 aliphatic carbocycles. The molecule has 1 aromatic carbocycles. The summed E-state index contributed by atoms with van der Waals surface area (Å²) in [4.78, 5) is 43.6. The number of benzene rings is 1. The quantitative estimate of drug-likeness (QED) is 0.536. The summed E-state index contributed by atoms with van der Waals surface area (Å²) in [6, 6.07) is 10.3. The van der Waals surface area contributed by atoms with Crippen LogP contribution in [0, 0.1) is 6.92 Å². The van der Waals surface area contributed by atoms with Gasteiger partial charge in [-0.15, -0.1) is 0 Å². The summed E-state index contributed by atoms with van der Waals surface area (Å²) in [7, 11) is 0. The fourth-order valence-electron chi connectivity index (χ4n) is 4.24. The molecule has 0 radical (unpaired) electrons. The zero-order chi connectivity index (χ0) is 20.8. The average molecular weight is 404 g/mol. The van der Waals surface area contributed by atoms with Crippen LogP contribution < -0.4 is 11.1 Å². The molecule has 1 aliphatic rings. The number of aromatic amines is 2. The Morgan fingerprint density at radius 3 is 2.83 bits per heavy atom. The SMILES string of the molecule is Cc1cc(=O)n2[nH]c(C3CCCN3C(=O)Cc3n[nH]c(=O)c4ccccc34)cc2n1. The highest BCUT2D eigenvalue weighted by atomic mass is 16.2. The molecule has 5 rings (SSSR count). The Hall–Kier alpha value is -3.75. The number of aryl methyl sites for hydroxylation is 1. The summed E-state index contributed by atoms with van der Waals surface area (Å²) in [5, 5.41) is 10.9. The molecule has 0 saturated carbocycles. The maximum absolute atomic E-state index is 13.2. The van der Waals surface area contributed by atoms with Gasteiger partial charge in [0.05, 0.1) is 29.2 Å². The van der Waals surface area contributed by atoms with E-state index in [-0.39, 0.29) is 29.5 Å². The van der Waals surface area contributed by atoms with Crippen molar-refractivity contribution in [2.24, 2.45) is 0 Å². The molecule has 9 heteroatoms. The second-order valence-corrected chi connectivity index (χ2v) is 7.61. The zero-order valence-electron chi connectivity index (χ0n) is 16.4. The molecule has 4 heterocycles. The summed E-state index contributed by atoms with van der Waals surface area (Å²) in [6.45, 7) is 2.41. The highest BCUT2D eigenvalue weighted by Crippen LogP contribution is 2.32. The van der Waals surface area contributed by atoms with Gasteiger partial charge in [0, 0.05) is 29.8 Å². The molecule has 3 aromatic heterocycles. The van der Waals surface area contributed by atoms with E-state index >= 15 is 0 Å². The molecule has 1 aliphatic heterocycles. The zero-order valence-corrected chi connectivity index (χ0v) is 16.4. The minimum atomic E-state index is -0.271. The van der Waals surface area contributed by atoms with Gasteiger partial charge in [-0.05, 0) is 25.8 Å². The van der Waals surface area contributed by atoms with Crippen LogP contribution in [0.2, 0.25) is 0 Å². The van der Waals surface area contributed by atoms with Crippen molar-refractivity contribution in [3.8, 4) is 0 Å². The lowest BCUT2D eigenvalue weighted by Crippen LogP contribution is -2.32. The predicted molar refractivity (Wildman–Crippen MR) is 110 cm³/mol. The van der Waals surface area contributed by atoms with Gasteiger partial charge in [0.25, 0.3) is 11.1 Å². The number of hydrogen-bond donors (Lipinski definition) is 2. The number of rotatable bonds is 3. The van der Waals surface area contributed by atoms with Gasteiger partial charge in [-0.1, -0.05) is 18.2 Å². The maximum Gasteiger partial charge on any atom is 0.272 e. The van der Waals surface area contributed by atoms with Crippen LogP contribution in [-0.4, -0.2) is 42.1 Å². The van der Waals surface area contributed by atoms with E-state index in [4.69, 9.17) is 0 Å². The molecule has 0 bridgehead atoms. The molecule has 1 amide bonds. The fraction of sp³-hybridized carbons (Fsp3) is 0.286. The minimum Gasteiger partial charge on any atom is -0.334 e. The first-order valence-corrected chi connectivity index (χ1v) is 9.86. The smallest absolute Gasteiger partial charge is 0.272 e. The second-order valence-electron chi connectivity index (χ2n) is 7.61. The molecule has 0 spiro atoms. The highest BCUT2D eigenvalue weighted by Gasteiger charge is 2.32. The van der Waals surface area contributed by atoms with Crippen molar-refractivity contribution in [1.82, 2.24) is 29.7 Å². The normalized spacial score (nSPS) is 16.6. The van der Waals surface area contributed by atoms with Crippen molar-refractivity contribution in [2.75, 3.05) is 6.54 Å². The number of carbonyl (C=O) groups is 1. The van der Waals surface area contributed by atoms with E-state index in [0.717, 1.165) is 18.5 Å². The molecule has 1 saturated heterocycles. The van der Waals surface area contributed by atoms with Gasteiger partial charge in [0.1, 0.15) is 0 Å². The van der Waals surface area contributed by atoms with Crippen LogP contribution in [0.15, 0.2) is 46.0 Å². The van der Waals surface area contributed by atoms with Crippen molar-refractivity contribution >= 4 is 22.3 Å². The largest absolute Gasteiger partial charge is 0.334 e. The molecule has 1 unspecified atom stereocenters. The van der Waals surface area contributed by atoms with Crippen LogP contribution in [0.4, 0.5) is 0 Å². The standard InChI is InChI=1S/C21H20N6O3/c1-12-9-20(29)27-18(22-12)10-16(25-27)17-7-4-8-26(17)19(28)11-15-13-5-2-3-6-14(13)21(30)24-23-15/h2-3,5-6,9-10,17,25H,4,7-8,11H2,1H3,(H,24,30). The van der Waals surface area contributed by atoms with Crippen LogP contribution in [0.5, 0.6) is 0 Å². The van der Waals surface area contributed by atoms with Crippen molar-refractivity contribution in [3.05, 3.63) is 74.2 Å². The number of hydrogen-bond acceptors (Lipinski definition) is 5. The van der Waals surface area contributed by atoms with E-state index in [1.54, 1.807) is 25.1 Å². The predicted octanol–water partition coefficient (Wildman–Crippen LogP) is 1.47. The molecular weight excluding hydrogens is 384 g/mol. The summed E-state index contributed by atoms with van der Waals surface area (Å²) < 4.78 is 1.40. The Kier molecular flexibility index (Phi) is 4.23. The molecule has 4 aromatic rings. The number of carbonyl (C=O) groups excluding carboxylic acids is 1. The number of amides is 1. The lowest BCUT2D eigenvalue weighted by Gasteiger charge is -2.23.